The molecule has 0 aromatic carbocycles. The van der Waals surface area contributed by atoms with Crippen LogP contribution in [0.15, 0.2) is 0 Å². The Balaban J connectivity index is 4.16. The van der Waals surface area contributed by atoms with Gasteiger partial charge < -0.3 is 14.2 Å². The summed E-state index contributed by atoms with van der Waals surface area (Å²) in [6.45, 7) is 11.4. The fourth-order valence-corrected chi connectivity index (χ4v) is 9.05. The Hall–Kier alpha value is -1.59. The van der Waals surface area contributed by atoms with Crippen LogP contribution in [0.3, 0.4) is 0 Å². The van der Waals surface area contributed by atoms with Gasteiger partial charge in [0.1, 0.15) is 13.2 Å². The minimum atomic E-state index is -0.763. The van der Waals surface area contributed by atoms with Gasteiger partial charge in [-0.1, -0.05) is 291 Å². The monoisotopic (exact) mass is 919 g/mol. The zero-order valence-corrected chi connectivity index (χ0v) is 44.6. The first kappa shape index (κ1) is 63.4. The Morgan fingerprint density at radius 2 is 0.508 bits per heavy atom. The standard InChI is InChI=1S/C59H114O6/c1-6-7-8-9-10-11-12-13-14-15-16-17-21-24-27-30-33-39-44-49-57(60)63-52-56(65-59(62)51-46-41-36-35-38-43-48-55(4)5)53-64-58(61)50-45-40-34-31-28-25-22-19-18-20-23-26-29-32-37-42-47-54(2)3/h54-56H,6-53H2,1-5H3/t56-/m1/s1. The molecule has 0 fully saturated rings. The molecule has 0 unspecified atom stereocenters. The van der Waals surface area contributed by atoms with Crippen LogP contribution in [0.5, 0.6) is 0 Å². The lowest BCUT2D eigenvalue weighted by atomic mass is 10.0. The summed E-state index contributed by atoms with van der Waals surface area (Å²) >= 11 is 0. The van der Waals surface area contributed by atoms with E-state index < -0.39 is 6.10 Å². The molecule has 0 aromatic heterocycles. The highest BCUT2D eigenvalue weighted by Crippen LogP contribution is 2.18. The van der Waals surface area contributed by atoms with E-state index >= 15 is 0 Å². The van der Waals surface area contributed by atoms with Crippen LogP contribution in [0.25, 0.3) is 0 Å². The van der Waals surface area contributed by atoms with Crippen LogP contribution in [-0.2, 0) is 28.6 Å². The molecule has 0 radical (unpaired) electrons. The van der Waals surface area contributed by atoms with E-state index in [1.54, 1.807) is 0 Å². The zero-order chi connectivity index (χ0) is 47.5. The van der Waals surface area contributed by atoms with E-state index in [0.29, 0.717) is 19.3 Å². The number of unbranched alkanes of at least 4 members (excludes halogenated alkanes) is 38. The first-order chi connectivity index (χ1) is 31.7. The molecule has 0 saturated carbocycles. The molecule has 0 aromatic rings. The normalized spacial score (nSPS) is 12.0. The van der Waals surface area contributed by atoms with Gasteiger partial charge in [-0.3, -0.25) is 14.4 Å². The SMILES string of the molecule is CCCCCCCCCCCCCCCCCCCCCC(=O)OC[C@H](COC(=O)CCCCCCCCCCCCCCCCCCC(C)C)OC(=O)CCCCCCCCC(C)C. The van der Waals surface area contributed by atoms with Crippen molar-refractivity contribution in [2.45, 2.75) is 336 Å². The molecule has 0 aliphatic heterocycles. The summed E-state index contributed by atoms with van der Waals surface area (Å²) in [6, 6.07) is 0. The summed E-state index contributed by atoms with van der Waals surface area (Å²) in [5, 5.41) is 0. The maximum absolute atomic E-state index is 12.8. The highest BCUT2D eigenvalue weighted by atomic mass is 16.6. The molecule has 0 N–H and O–H groups in total. The average molecular weight is 920 g/mol. The Labute approximate surface area is 406 Å². The summed E-state index contributed by atoms with van der Waals surface area (Å²) in [5.74, 6) is 0.766. The van der Waals surface area contributed by atoms with Crippen molar-refractivity contribution >= 4 is 17.9 Å². The topological polar surface area (TPSA) is 78.9 Å². The summed E-state index contributed by atoms with van der Waals surface area (Å²) in [7, 11) is 0. The number of rotatable bonds is 53. The van der Waals surface area contributed by atoms with Gasteiger partial charge in [0.2, 0.25) is 0 Å². The molecule has 65 heavy (non-hydrogen) atoms. The van der Waals surface area contributed by atoms with Gasteiger partial charge in [0, 0.05) is 19.3 Å². The molecule has 0 spiro atoms. The fraction of sp³-hybridized carbons (Fsp3) is 0.949. The van der Waals surface area contributed by atoms with Crippen LogP contribution in [0.1, 0.15) is 330 Å². The summed E-state index contributed by atoms with van der Waals surface area (Å²) in [6.07, 6.45) is 55.5. The predicted octanol–water partition coefficient (Wildman–Crippen LogP) is 19.3. The number of ether oxygens (including phenoxy) is 3. The van der Waals surface area contributed by atoms with E-state index in [4.69, 9.17) is 14.2 Å². The highest BCUT2D eigenvalue weighted by molar-refractivity contribution is 5.71. The summed E-state index contributed by atoms with van der Waals surface area (Å²) < 4.78 is 16.9. The number of hydrogen-bond donors (Lipinski definition) is 0. The molecule has 0 rings (SSSR count). The van der Waals surface area contributed by atoms with Crippen molar-refractivity contribution in [3.63, 3.8) is 0 Å². The maximum Gasteiger partial charge on any atom is 0.306 e. The molecule has 0 amide bonds. The van der Waals surface area contributed by atoms with Crippen LogP contribution in [-0.4, -0.2) is 37.2 Å². The average Bonchev–Trinajstić information content (AvgIpc) is 3.28. The van der Waals surface area contributed by atoms with Crippen LogP contribution in [0, 0.1) is 11.8 Å². The summed E-state index contributed by atoms with van der Waals surface area (Å²) in [5.41, 5.74) is 0. The Bertz CT molecular complexity index is 993. The first-order valence-corrected chi connectivity index (χ1v) is 29.2. The van der Waals surface area contributed by atoms with E-state index in [1.165, 1.54) is 218 Å². The number of hydrogen-bond acceptors (Lipinski definition) is 6. The second kappa shape index (κ2) is 51.8. The van der Waals surface area contributed by atoms with Crippen LogP contribution >= 0.6 is 0 Å². The molecular weight excluding hydrogens is 805 g/mol. The summed E-state index contributed by atoms with van der Waals surface area (Å²) in [4.78, 5) is 38.0. The third-order valence-corrected chi connectivity index (χ3v) is 13.5. The first-order valence-electron chi connectivity index (χ1n) is 29.2. The fourth-order valence-electron chi connectivity index (χ4n) is 9.05. The van der Waals surface area contributed by atoms with Crippen LogP contribution in [0.2, 0.25) is 0 Å². The van der Waals surface area contributed by atoms with Crippen LogP contribution in [0.4, 0.5) is 0 Å². The molecule has 0 heterocycles. The lowest BCUT2D eigenvalue weighted by Gasteiger charge is -2.18. The molecule has 0 bridgehead atoms. The molecule has 386 valence electrons. The molecule has 1 atom stereocenters. The zero-order valence-electron chi connectivity index (χ0n) is 44.6. The van der Waals surface area contributed by atoms with Gasteiger partial charge in [-0.2, -0.15) is 0 Å². The second-order valence-electron chi connectivity index (χ2n) is 21.2. The minimum Gasteiger partial charge on any atom is -0.462 e. The predicted molar refractivity (Wildman–Crippen MR) is 280 cm³/mol. The second-order valence-corrected chi connectivity index (χ2v) is 21.2. The van der Waals surface area contributed by atoms with E-state index in [0.717, 1.165) is 69.6 Å². The van der Waals surface area contributed by atoms with E-state index in [-0.39, 0.29) is 31.1 Å². The van der Waals surface area contributed by atoms with Crippen molar-refractivity contribution < 1.29 is 28.6 Å². The smallest absolute Gasteiger partial charge is 0.306 e. The van der Waals surface area contributed by atoms with E-state index in [1.807, 2.05) is 0 Å². The molecule has 0 aliphatic carbocycles. The third-order valence-electron chi connectivity index (χ3n) is 13.5. The lowest BCUT2D eigenvalue weighted by Crippen LogP contribution is -2.30. The maximum atomic E-state index is 12.8. The van der Waals surface area contributed by atoms with Gasteiger partial charge in [0.25, 0.3) is 0 Å². The lowest BCUT2D eigenvalue weighted by molar-refractivity contribution is -0.167. The van der Waals surface area contributed by atoms with Crippen molar-refractivity contribution in [1.82, 2.24) is 0 Å². The number of carbonyl (C=O) groups is 3. The van der Waals surface area contributed by atoms with Gasteiger partial charge in [0.05, 0.1) is 0 Å². The number of carbonyl (C=O) groups excluding carboxylic acids is 3. The van der Waals surface area contributed by atoms with E-state index in [2.05, 4.69) is 34.6 Å². The quantitative estimate of drug-likeness (QED) is 0.0344. The van der Waals surface area contributed by atoms with Crippen molar-refractivity contribution in [3.05, 3.63) is 0 Å². The van der Waals surface area contributed by atoms with Crippen molar-refractivity contribution in [1.29, 1.82) is 0 Å². The van der Waals surface area contributed by atoms with Crippen LogP contribution < -0.4 is 0 Å². The molecule has 0 aliphatic rings. The highest BCUT2D eigenvalue weighted by Gasteiger charge is 2.19. The van der Waals surface area contributed by atoms with Gasteiger partial charge in [0.15, 0.2) is 6.10 Å². The Kier molecular flexibility index (Phi) is 50.5. The van der Waals surface area contributed by atoms with Gasteiger partial charge >= 0.3 is 17.9 Å². The molecule has 6 nitrogen and oxygen atoms in total. The van der Waals surface area contributed by atoms with Gasteiger partial charge in [-0.25, -0.2) is 0 Å². The van der Waals surface area contributed by atoms with Crippen molar-refractivity contribution in [2.24, 2.45) is 11.8 Å². The molecular formula is C59H114O6. The van der Waals surface area contributed by atoms with Gasteiger partial charge in [-0.15, -0.1) is 0 Å². The molecule has 0 saturated heterocycles. The van der Waals surface area contributed by atoms with Crippen molar-refractivity contribution in [2.75, 3.05) is 13.2 Å². The third kappa shape index (κ3) is 53.2. The Morgan fingerprint density at radius 3 is 0.754 bits per heavy atom. The van der Waals surface area contributed by atoms with Crippen molar-refractivity contribution in [3.8, 4) is 0 Å². The Morgan fingerprint density at radius 1 is 0.292 bits per heavy atom. The largest absolute Gasteiger partial charge is 0.462 e. The number of esters is 3. The van der Waals surface area contributed by atoms with Gasteiger partial charge in [-0.05, 0) is 31.1 Å². The molecule has 6 heteroatoms. The van der Waals surface area contributed by atoms with E-state index in [9.17, 15) is 14.4 Å². The minimum absolute atomic E-state index is 0.0640.